The van der Waals surface area contributed by atoms with Crippen molar-refractivity contribution in [2.75, 3.05) is 11.9 Å². The molecule has 0 atom stereocenters. The first kappa shape index (κ1) is 18.5. The quantitative estimate of drug-likeness (QED) is 0.790. The molecule has 7 nitrogen and oxygen atoms in total. The highest BCUT2D eigenvalue weighted by molar-refractivity contribution is 6.08. The Balaban J connectivity index is 1.76. The molecule has 3 rings (SSSR count). The SMILES string of the molecule is Cc1cc(C(=O)NNC(=O)c2ccc3c(c2)N(C)C(=O)C3(C)C)c(F)cn1. The molecular formula is C19H19FN4O3. The Labute approximate surface area is 155 Å². The van der Waals surface area contributed by atoms with Crippen molar-refractivity contribution < 1.29 is 18.8 Å². The van der Waals surface area contributed by atoms with Gasteiger partial charge in [-0.2, -0.15) is 0 Å². The molecule has 1 aliphatic heterocycles. The summed E-state index contributed by atoms with van der Waals surface area (Å²) < 4.78 is 13.7. The van der Waals surface area contributed by atoms with Gasteiger partial charge < -0.3 is 4.90 Å². The minimum atomic E-state index is -0.791. The fourth-order valence-corrected chi connectivity index (χ4v) is 3.09. The zero-order valence-electron chi connectivity index (χ0n) is 15.4. The van der Waals surface area contributed by atoms with Gasteiger partial charge in [0.05, 0.1) is 17.2 Å². The van der Waals surface area contributed by atoms with Crippen LogP contribution in [-0.4, -0.2) is 29.8 Å². The molecule has 3 amide bonds. The molecule has 0 saturated carbocycles. The second-order valence-corrected chi connectivity index (χ2v) is 6.93. The number of pyridine rings is 1. The number of aryl methyl sites for hydroxylation is 1. The summed E-state index contributed by atoms with van der Waals surface area (Å²) in [6.07, 6.45) is 0.946. The van der Waals surface area contributed by atoms with E-state index in [-0.39, 0.29) is 17.0 Å². The van der Waals surface area contributed by atoms with Crippen molar-refractivity contribution >= 4 is 23.4 Å². The van der Waals surface area contributed by atoms with E-state index in [2.05, 4.69) is 15.8 Å². The number of benzene rings is 1. The number of anilines is 1. The molecule has 0 saturated heterocycles. The van der Waals surface area contributed by atoms with Gasteiger partial charge in [0.15, 0.2) is 5.82 Å². The molecule has 0 radical (unpaired) electrons. The average molecular weight is 370 g/mol. The molecule has 0 fully saturated rings. The Morgan fingerprint density at radius 1 is 1.15 bits per heavy atom. The number of hydrogen-bond acceptors (Lipinski definition) is 4. The van der Waals surface area contributed by atoms with Gasteiger partial charge in [-0.15, -0.1) is 0 Å². The van der Waals surface area contributed by atoms with Crippen LogP contribution in [0, 0.1) is 12.7 Å². The molecule has 0 bridgehead atoms. The molecule has 27 heavy (non-hydrogen) atoms. The van der Waals surface area contributed by atoms with Crippen LogP contribution in [0.25, 0.3) is 0 Å². The maximum atomic E-state index is 13.7. The van der Waals surface area contributed by atoms with Crippen molar-refractivity contribution in [1.29, 1.82) is 0 Å². The lowest BCUT2D eigenvalue weighted by Crippen LogP contribution is -2.42. The number of nitrogens with zero attached hydrogens (tertiary/aromatic N) is 2. The third-order valence-electron chi connectivity index (χ3n) is 4.66. The summed E-state index contributed by atoms with van der Waals surface area (Å²) >= 11 is 0. The maximum absolute atomic E-state index is 13.7. The lowest BCUT2D eigenvalue weighted by Gasteiger charge is -2.16. The second-order valence-electron chi connectivity index (χ2n) is 6.93. The molecule has 1 aromatic heterocycles. The van der Waals surface area contributed by atoms with Gasteiger partial charge in [-0.05, 0) is 44.5 Å². The Morgan fingerprint density at radius 3 is 2.52 bits per heavy atom. The minimum Gasteiger partial charge on any atom is -0.314 e. The van der Waals surface area contributed by atoms with Crippen LogP contribution in [0.4, 0.5) is 10.1 Å². The number of carbonyl (C=O) groups excluding carboxylic acids is 3. The van der Waals surface area contributed by atoms with E-state index in [1.165, 1.54) is 11.0 Å². The average Bonchev–Trinajstić information content (AvgIpc) is 2.81. The van der Waals surface area contributed by atoms with E-state index in [0.29, 0.717) is 11.4 Å². The number of rotatable bonds is 2. The molecule has 2 aromatic rings. The first-order valence-electron chi connectivity index (χ1n) is 8.28. The Hall–Kier alpha value is -3.29. The second kappa shape index (κ2) is 6.46. The van der Waals surface area contributed by atoms with Gasteiger partial charge in [0.1, 0.15) is 0 Å². The number of hydrazine groups is 1. The van der Waals surface area contributed by atoms with Crippen LogP contribution in [0.5, 0.6) is 0 Å². The number of likely N-dealkylation sites (N-methyl/N-ethyl adjacent to an activating group) is 1. The number of hydrogen-bond donors (Lipinski definition) is 2. The van der Waals surface area contributed by atoms with E-state index in [0.717, 1.165) is 11.8 Å². The Kier molecular flexibility index (Phi) is 4.43. The summed E-state index contributed by atoms with van der Waals surface area (Å²) in [5, 5.41) is 0. The van der Waals surface area contributed by atoms with Crippen LogP contribution in [0.2, 0.25) is 0 Å². The van der Waals surface area contributed by atoms with Gasteiger partial charge >= 0.3 is 0 Å². The summed E-state index contributed by atoms with van der Waals surface area (Å²) in [4.78, 5) is 42.0. The normalized spacial score (nSPS) is 14.7. The van der Waals surface area contributed by atoms with E-state index in [9.17, 15) is 18.8 Å². The molecular weight excluding hydrogens is 351 g/mol. The van der Waals surface area contributed by atoms with Crippen molar-refractivity contribution in [2.45, 2.75) is 26.2 Å². The minimum absolute atomic E-state index is 0.0631. The summed E-state index contributed by atoms with van der Waals surface area (Å²) in [5.74, 6) is -2.22. The van der Waals surface area contributed by atoms with E-state index in [1.54, 1.807) is 32.2 Å². The monoisotopic (exact) mass is 370 g/mol. The topological polar surface area (TPSA) is 91.4 Å². The number of amides is 3. The van der Waals surface area contributed by atoms with Crippen molar-refractivity contribution in [1.82, 2.24) is 15.8 Å². The Bertz CT molecular complexity index is 971. The van der Waals surface area contributed by atoms with Crippen LogP contribution in [0.1, 0.15) is 45.8 Å². The van der Waals surface area contributed by atoms with E-state index in [4.69, 9.17) is 0 Å². The molecule has 1 aliphatic rings. The van der Waals surface area contributed by atoms with E-state index < -0.39 is 23.0 Å². The lowest BCUT2D eigenvalue weighted by molar-refractivity contribution is -0.121. The van der Waals surface area contributed by atoms with E-state index >= 15 is 0 Å². The van der Waals surface area contributed by atoms with Crippen LogP contribution in [-0.2, 0) is 10.2 Å². The van der Waals surface area contributed by atoms with Gasteiger partial charge in [0.2, 0.25) is 5.91 Å². The van der Waals surface area contributed by atoms with Crippen molar-refractivity contribution in [2.24, 2.45) is 0 Å². The lowest BCUT2D eigenvalue weighted by atomic mass is 9.86. The first-order chi connectivity index (χ1) is 12.6. The molecule has 2 heterocycles. The van der Waals surface area contributed by atoms with Crippen molar-refractivity contribution in [3.63, 3.8) is 0 Å². The smallest absolute Gasteiger partial charge is 0.272 e. The molecule has 140 valence electrons. The van der Waals surface area contributed by atoms with Gasteiger partial charge in [-0.25, -0.2) is 4.39 Å². The highest BCUT2D eigenvalue weighted by Gasteiger charge is 2.42. The molecule has 0 spiro atoms. The summed E-state index contributed by atoms with van der Waals surface area (Å²) in [5.41, 5.74) is 5.75. The fraction of sp³-hybridized carbons (Fsp3) is 0.263. The zero-order valence-corrected chi connectivity index (χ0v) is 15.4. The first-order valence-corrected chi connectivity index (χ1v) is 8.28. The maximum Gasteiger partial charge on any atom is 0.272 e. The Morgan fingerprint density at radius 2 is 1.81 bits per heavy atom. The number of nitrogens with one attached hydrogen (secondary N) is 2. The van der Waals surface area contributed by atoms with Crippen LogP contribution in [0.3, 0.4) is 0 Å². The standard InChI is InChI=1S/C19H19FN4O3/c1-10-7-12(14(20)9-21-10)17(26)23-22-16(25)11-5-6-13-15(8-11)24(4)18(27)19(13,2)3/h5-9H,1-4H3,(H,22,25)(H,23,26). The van der Waals surface area contributed by atoms with Gasteiger partial charge in [0, 0.05) is 24.0 Å². The molecule has 2 N–H and O–H groups in total. The summed E-state index contributed by atoms with van der Waals surface area (Å²) in [6, 6.07) is 6.17. The number of carbonyl (C=O) groups is 3. The van der Waals surface area contributed by atoms with Crippen LogP contribution >= 0.6 is 0 Å². The molecule has 1 aromatic carbocycles. The predicted molar refractivity (Wildman–Crippen MR) is 96.7 cm³/mol. The van der Waals surface area contributed by atoms with E-state index in [1.807, 2.05) is 13.8 Å². The van der Waals surface area contributed by atoms with Gasteiger partial charge in [-0.1, -0.05) is 6.07 Å². The largest absolute Gasteiger partial charge is 0.314 e. The molecule has 8 heteroatoms. The molecule has 0 aliphatic carbocycles. The highest BCUT2D eigenvalue weighted by atomic mass is 19.1. The van der Waals surface area contributed by atoms with Crippen molar-refractivity contribution in [3.05, 3.63) is 58.7 Å². The fourth-order valence-electron chi connectivity index (χ4n) is 3.09. The van der Waals surface area contributed by atoms with Gasteiger partial charge in [-0.3, -0.25) is 30.2 Å². The zero-order chi connectivity index (χ0) is 19.9. The third kappa shape index (κ3) is 3.14. The third-order valence-corrected chi connectivity index (χ3v) is 4.66. The van der Waals surface area contributed by atoms with Crippen LogP contribution < -0.4 is 15.8 Å². The number of fused-ring (bicyclic) bond motifs is 1. The number of aromatic nitrogens is 1. The summed E-state index contributed by atoms with van der Waals surface area (Å²) in [7, 11) is 1.65. The highest BCUT2D eigenvalue weighted by Crippen LogP contribution is 2.40. The molecule has 0 unspecified atom stereocenters. The van der Waals surface area contributed by atoms with Gasteiger partial charge in [0.25, 0.3) is 11.8 Å². The predicted octanol–water partition coefficient (Wildman–Crippen LogP) is 1.86. The number of halogens is 1. The summed E-state index contributed by atoms with van der Waals surface area (Å²) in [6.45, 7) is 5.27. The van der Waals surface area contributed by atoms with Crippen LogP contribution in [0.15, 0.2) is 30.5 Å². The van der Waals surface area contributed by atoms with Crippen molar-refractivity contribution in [3.8, 4) is 0 Å².